The van der Waals surface area contributed by atoms with Crippen molar-refractivity contribution in [2.24, 2.45) is 0 Å². The van der Waals surface area contributed by atoms with Gasteiger partial charge in [-0.05, 0) is 52.2 Å². The molecule has 0 N–H and O–H groups in total. The first-order valence-corrected chi connectivity index (χ1v) is 9.10. The lowest BCUT2D eigenvalue weighted by molar-refractivity contribution is -0.139. The second-order valence-electron chi connectivity index (χ2n) is 7.23. The molecule has 0 spiro atoms. The average molecular weight is 344 g/mol. The van der Waals surface area contributed by atoms with E-state index in [2.05, 4.69) is 25.9 Å². The fourth-order valence-corrected chi connectivity index (χ4v) is 3.61. The Bertz CT molecular complexity index is 781. The Balaban J connectivity index is 1.81. The van der Waals surface area contributed by atoms with Gasteiger partial charge in [-0.25, -0.2) is 9.67 Å². The Kier molecular flexibility index (Phi) is 5.08. The van der Waals surface area contributed by atoms with Gasteiger partial charge in [-0.2, -0.15) is 5.10 Å². The van der Waals surface area contributed by atoms with Gasteiger partial charge >= 0.3 is 0 Å². The SMILES string of the molecule is Cc1nc2c(cnn2C(C)C)c(C)c1CCC(=O)N1CCOC[C@@H]1C. The number of ether oxygens (including phenoxy) is 1. The number of nitrogens with zero attached hydrogens (tertiary/aromatic N) is 4. The molecule has 3 heterocycles. The number of aromatic nitrogens is 3. The molecule has 0 bridgehead atoms. The van der Waals surface area contributed by atoms with Gasteiger partial charge in [-0.3, -0.25) is 4.79 Å². The number of rotatable bonds is 4. The fourth-order valence-electron chi connectivity index (χ4n) is 3.61. The number of amides is 1. The lowest BCUT2D eigenvalue weighted by Gasteiger charge is -2.33. The van der Waals surface area contributed by atoms with Crippen LogP contribution in [-0.2, 0) is 16.0 Å². The summed E-state index contributed by atoms with van der Waals surface area (Å²) in [5.74, 6) is 0.201. The first-order chi connectivity index (χ1) is 11.9. The second-order valence-corrected chi connectivity index (χ2v) is 7.23. The largest absolute Gasteiger partial charge is 0.377 e. The van der Waals surface area contributed by atoms with E-state index in [-0.39, 0.29) is 18.0 Å². The van der Waals surface area contributed by atoms with E-state index in [1.165, 1.54) is 11.1 Å². The zero-order chi connectivity index (χ0) is 18.1. The summed E-state index contributed by atoms with van der Waals surface area (Å²) in [6.45, 7) is 12.4. The van der Waals surface area contributed by atoms with Gasteiger partial charge < -0.3 is 9.64 Å². The molecule has 1 fully saturated rings. The number of pyridine rings is 1. The normalized spacial score (nSPS) is 18.3. The summed E-state index contributed by atoms with van der Waals surface area (Å²) in [7, 11) is 0. The van der Waals surface area contributed by atoms with Crippen LogP contribution in [0.2, 0.25) is 0 Å². The highest BCUT2D eigenvalue weighted by Gasteiger charge is 2.24. The summed E-state index contributed by atoms with van der Waals surface area (Å²) in [5, 5.41) is 5.57. The summed E-state index contributed by atoms with van der Waals surface area (Å²) in [4.78, 5) is 19.3. The van der Waals surface area contributed by atoms with Gasteiger partial charge in [0.05, 0.1) is 25.5 Å². The average Bonchev–Trinajstić information content (AvgIpc) is 2.99. The van der Waals surface area contributed by atoms with Crippen molar-refractivity contribution in [1.82, 2.24) is 19.7 Å². The van der Waals surface area contributed by atoms with Crippen molar-refractivity contribution >= 4 is 16.9 Å². The van der Waals surface area contributed by atoms with Crippen LogP contribution in [-0.4, -0.2) is 51.4 Å². The van der Waals surface area contributed by atoms with Crippen LogP contribution in [0.15, 0.2) is 6.20 Å². The van der Waals surface area contributed by atoms with Crippen LogP contribution in [0.5, 0.6) is 0 Å². The highest BCUT2D eigenvalue weighted by atomic mass is 16.5. The van der Waals surface area contributed by atoms with Crippen LogP contribution < -0.4 is 0 Å². The molecule has 1 saturated heterocycles. The van der Waals surface area contributed by atoms with Crippen molar-refractivity contribution in [3.63, 3.8) is 0 Å². The molecule has 1 amide bonds. The molecule has 0 unspecified atom stereocenters. The molecule has 2 aromatic rings. The van der Waals surface area contributed by atoms with Gasteiger partial charge in [0.25, 0.3) is 0 Å². The van der Waals surface area contributed by atoms with Crippen LogP contribution in [0.1, 0.15) is 50.1 Å². The van der Waals surface area contributed by atoms with Gasteiger partial charge in [0.2, 0.25) is 5.91 Å². The number of hydrogen-bond acceptors (Lipinski definition) is 4. The van der Waals surface area contributed by atoms with E-state index in [1.807, 2.05) is 29.6 Å². The summed E-state index contributed by atoms with van der Waals surface area (Å²) >= 11 is 0. The first kappa shape index (κ1) is 17.9. The zero-order valence-electron chi connectivity index (χ0n) is 15.9. The summed E-state index contributed by atoms with van der Waals surface area (Å²) in [5.41, 5.74) is 4.29. The van der Waals surface area contributed by atoms with Crippen molar-refractivity contribution in [3.8, 4) is 0 Å². The van der Waals surface area contributed by atoms with Crippen LogP contribution in [0, 0.1) is 13.8 Å². The molecule has 0 radical (unpaired) electrons. The fraction of sp³-hybridized carbons (Fsp3) is 0.632. The molecule has 1 aliphatic heterocycles. The molecule has 25 heavy (non-hydrogen) atoms. The molecule has 2 aromatic heterocycles. The monoisotopic (exact) mass is 344 g/mol. The maximum absolute atomic E-state index is 12.6. The molecule has 136 valence electrons. The summed E-state index contributed by atoms with van der Waals surface area (Å²) < 4.78 is 7.38. The van der Waals surface area contributed by atoms with Gasteiger partial charge in [0, 0.05) is 30.1 Å². The van der Waals surface area contributed by atoms with E-state index in [0.29, 0.717) is 26.2 Å². The predicted octanol–water partition coefficient (Wildman–Crippen LogP) is 2.81. The number of fused-ring (bicyclic) bond motifs is 1. The number of carbonyl (C=O) groups excluding carboxylic acids is 1. The molecule has 6 nitrogen and oxygen atoms in total. The van der Waals surface area contributed by atoms with Gasteiger partial charge in [0.15, 0.2) is 5.65 Å². The highest BCUT2D eigenvalue weighted by molar-refractivity contribution is 5.81. The molecule has 1 aliphatic rings. The molecule has 6 heteroatoms. The maximum atomic E-state index is 12.6. The van der Waals surface area contributed by atoms with Crippen molar-refractivity contribution in [2.75, 3.05) is 19.8 Å². The third-order valence-electron chi connectivity index (χ3n) is 5.10. The zero-order valence-corrected chi connectivity index (χ0v) is 15.9. The minimum absolute atomic E-state index is 0.160. The van der Waals surface area contributed by atoms with Crippen LogP contribution in [0.3, 0.4) is 0 Å². The first-order valence-electron chi connectivity index (χ1n) is 9.10. The van der Waals surface area contributed by atoms with Crippen molar-refractivity contribution in [2.45, 2.75) is 59.5 Å². The van der Waals surface area contributed by atoms with E-state index in [4.69, 9.17) is 9.72 Å². The minimum Gasteiger partial charge on any atom is -0.377 e. The minimum atomic E-state index is 0.160. The van der Waals surface area contributed by atoms with Crippen LogP contribution >= 0.6 is 0 Å². The third kappa shape index (κ3) is 3.40. The quantitative estimate of drug-likeness (QED) is 0.856. The van der Waals surface area contributed by atoms with Crippen molar-refractivity contribution in [1.29, 1.82) is 0 Å². The molecular weight excluding hydrogens is 316 g/mol. The predicted molar refractivity (Wildman–Crippen MR) is 97.7 cm³/mol. The van der Waals surface area contributed by atoms with E-state index in [1.54, 1.807) is 0 Å². The number of carbonyl (C=O) groups is 1. The summed E-state index contributed by atoms with van der Waals surface area (Å²) in [6.07, 6.45) is 3.13. The lowest BCUT2D eigenvalue weighted by Crippen LogP contribution is -2.47. The number of morpholine rings is 1. The van der Waals surface area contributed by atoms with E-state index in [9.17, 15) is 4.79 Å². The third-order valence-corrected chi connectivity index (χ3v) is 5.10. The summed E-state index contributed by atoms with van der Waals surface area (Å²) in [6, 6.07) is 0.437. The van der Waals surface area contributed by atoms with E-state index >= 15 is 0 Å². The standard InChI is InChI=1S/C19H28N4O2/c1-12(2)23-19-17(10-20-23)14(4)16(15(5)21-19)6-7-18(24)22-8-9-25-11-13(22)3/h10,12-13H,6-9,11H2,1-5H3/t13-/m0/s1. The Morgan fingerprint density at radius 2 is 2.16 bits per heavy atom. The molecular formula is C19H28N4O2. The van der Waals surface area contributed by atoms with Gasteiger partial charge in [0.1, 0.15) is 0 Å². The Morgan fingerprint density at radius 1 is 1.40 bits per heavy atom. The lowest BCUT2D eigenvalue weighted by atomic mass is 10.00. The number of aryl methyl sites for hydroxylation is 2. The molecule has 0 saturated carbocycles. The molecule has 3 rings (SSSR count). The Labute approximate surface area is 149 Å². The van der Waals surface area contributed by atoms with Gasteiger partial charge in [-0.15, -0.1) is 0 Å². The Hall–Kier alpha value is -1.95. The van der Waals surface area contributed by atoms with E-state index in [0.717, 1.165) is 23.1 Å². The Morgan fingerprint density at radius 3 is 2.84 bits per heavy atom. The number of hydrogen-bond donors (Lipinski definition) is 0. The van der Waals surface area contributed by atoms with Gasteiger partial charge in [-0.1, -0.05) is 0 Å². The molecule has 0 aromatic carbocycles. The van der Waals surface area contributed by atoms with Crippen molar-refractivity contribution in [3.05, 3.63) is 23.0 Å². The van der Waals surface area contributed by atoms with E-state index < -0.39 is 0 Å². The topological polar surface area (TPSA) is 60.2 Å². The smallest absolute Gasteiger partial charge is 0.223 e. The maximum Gasteiger partial charge on any atom is 0.223 e. The van der Waals surface area contributed by atoms with Crippen molar-refractivity contribution < 1.29 is 9.53 Å². The molecule has 0 aliphatic carbocycles. The highest BCUT2D eigenvalue weighted by Crippen LogP contribution is 2.25. The second kappa shape index (κ2) is 7.12. The molecule has 1 atom stereocenters. The van der Waals surface area contributed by atoms with Crippen LogP contribution in [0.4, 0.5) is 0 Å². The van der Waals surface area contributed by atoms with Crippen LogP contribution in [0.25, 0.3) is 11.0 Å².